The summed E-state index contributed by atoms with van der Waals surface area (Å²) in [5.74, 6) is 0.766. The first-order chi connectivity index (χ1) is 31.7. The van der Waals surface area contributed by atoms with Gasteiger partial charge in [-0.15, -0.1) is 0 Å². The lowest BCUT2D eigenvalue weighted by Gasteiger charge is -2.45. The van der Waals surface area contributed by atoms with Crippen molar-refractivity contribution in [3.63, 3.8) is 0 Å². The second-order valence-corrected chi connectivity index (χ2v) is 20.4. The normalized spacial score (nSPS) is 13.7. The third kappa shape index (κ3) is 5.22. The molecule has 0 fully saturated rings. The van der Waals surface area contributed by atoms with E-state index in [9.17, 15) is 0 Å². The van der Waals surface area contributed by atoms with E-state index < -0.39 is 14.2 Å². The first kappa shape index (κ1) is 36.5. The Morgan fingerprint density at radius 2 is 1.06 bits per heavy atom. The van der Waals surface area contributed by atoms with Crippen molar-refractivity contribution in [3.8, 4) is 5.69 Å². The van der Waals surface area contributed by atoms with Crippen molar-refractivity contribution in [2.75, 3.05) is 4.90 Å². The van der Waals surface area contributed by atoms with Crippen LogP contribution in [0.5, 0.6) is 0 Å². The molecule has 1 atom stereocenters. The van der Waals surface area contributed by atoms with Crippen molar-refractivity contribution >= 4 is 95.1 Å². The van der Waals surface area contributed by atoms with Gasteiger partial charge >= 0.3 is 0 Å². The monoisotopic (exact) mass is 839 g/mol. The smallest absolute Gasteiger partial charge is 0.184 e. The van der Waals surface area contributed by atoms with Crippen LogP contribution in [-0.4, -0.2) is 27.0 Å². The van der Waals surface area contributed by atoms with Gasteiger partial charge in [-0.25, -0.2) is 14.4 Å². The van der Waals surface area contributed by atoms with Gasteiger partial charge in [0.05, 0.1) is 22.2 Å². The molecule has 5 heterocycles. The number of rotatable bonds is 6. The predicted molar refractivity (Wildman–Crippen MR) is 264 cm³/mol. The first-order valence-corrected chi connectivity index (χ1v) is 23.7. The fourth-order valence-corrected chi connectivity index (χ4v) is 15.7. The molecule has 1 unspecified atom stereocenters. The Morgan fingerprint density at radius 3 is 1.80 bits per heavy atom. The maximum atomic E-state index is 17.8. The van der Waals surface area contributed by atoms with Crippen LogP contribution < -0.4 is 25.6 Å². The van der Waals surface area contributed by atoms with Crippen LogP contribution in [0.15, 0.2) is 225 Å². The third-order valence-corrected chi connectivity index (χ3v) is 18.2. The molecule has 0 radical (unpaired) electrons. The molecular weight excluding hydrogens is 802 g/mol. The van der Waals surface area contributed by atoms with Crippen LogP contribution in [0.25, 0.3) is 54.8 Å². The number of imidazole rings is 1. The second kappa shape index (κ2) is 14.2. The highest BCUT2D eigenvalue weighted by molar-refractivity contribution is 7.21. The number of fused-ring (bicyclic) bond motifs is 11. The maximum absolute atomic E-state index is 17.8. The molecule has 0 bridgehead atoms. The quantitative estimate of drug-likeness (QED) is 0.124. The summed E-state index contributed by atoms with van der Waals surface area (Å²) in [5, 5.41) is 10.4. The number of aromatic nitrogens is 4. The van der Waals surface area contributed by atoms with Crippen molar-refractivity contribution in [3.05, 3.63) is 236 Å². The topological polar surface area (TPSA) is 38.4 Å². The second-order valence-electron chi connectivity index (χ2n) is 16.7. The van der Waals surface area contributed by atoms with E-state index in [1.165, 1.54) is 31.5 Å². The Labute approximate surface area is 369 Å². The Kier molecular flexibility index (Phi) is 8.10. The number of alkyl halides is 1. The van der Waals surface area contributed by atoms with Gasteiger partial charge in [0.1, 0.15) is 11.5 Å². The Morgan fingerprint density at radius 1 is 0.438 bits per heavy atom. The van der Waals surface area contributed by atoms with E-state index >= 15 is 4.39 Å². The van der Waals surface area contributed by atoms with E-state index in [0.717, 1.165) is 61.2 Å². The number of pyridine rings is 2. The van der Waals surface area contributed by atoms with Crippen LogP contribution in [0, 0.1) is 0 Å². The molecule has 12 aromatic rings. The van der Waals surface area contributed by atoms with E-state index in [4.69, 9.17) is 9.97 Å². The molecule has 0 N–H and O–H groups in total. The number of hydrogen-bond donors (Lipinski definition) is 0. The highest BCUT2D eigenvalue weighted by atomic mass is 28.3. The van der Waals surface area contributed by atoms with Crippen molar-refractivity contribution < 1.29 is 4.39 Å². The van der Waals surface area contributed by atoms with Crippen molar-refractivity contribution in [2.24, 2.45) is 0 Å². The summed E-state index contributed by atoms with van der Waals surface area (Å²) >= 11 is 0. The predicted octanol–water partition coefficient (Wildman–Crippen LogP) is 11.4. The largest absolute Gasteiger partial charge is 0.309 e. The molecule has 13 rings (SSSR count). The molecule has 4 aromatic heterocycles. The van der Waals surface area contributed by atoms with Crippen LogP contribution in [0.3, 0.4) is 0 Å². The van der Waals surface area contributed by atoms with Gasteiger partial charge in [-0.1, -0.05) is 146 Å². The van der Waals surface area contributed by atoms with Gasteiger partial charge in [-0.2, -0.15) is 0 Å². The van der Waals surface area contributed by atoms with Gasteiger partial charge in [0.15, 0.2) is 14.2 Å². The summed E-state index contributed by atoms with van der Waals surface area (Å²) in [4.78, 5) is 12.1. The van der Waals surface area contributed by atoms with Crippen molar-refractivity contribution in [2.45, 2.75) is 6.17 Å². The molecule has 0 saturated carbocycles. The molecule has 0 aliphatic carbocycles. The standard InChI is InChI=1S/C57H38FN5Si/c58-56(38-27-29-43-44-22-10-12-24-48(44)61-33-32-60-57(61)47(43)34-38)39-28-30-53-51(35-39)63(55-26-14-15-31-59-55)52-37-50-46(45-23-11-13-25-49(45)62(50)40-16-4-1-5-17-40)36-54(52)64(53,41-18-6-2-7-19-41)42-20-8-3-9-21-42/h1-37,56H. The van der Waals surface area contributed by atoms with Crippen molar-refractivity contribution in [1.29, 1.82) is 0 Å². The summed E-state index contributed by atoms with van der Waals surface area (Å²) in [5.41, 5.74) is 8.31. The molecule has 8 aromatic carbocycles. The first-order valence-electron chi connectivity index (χ1n) is 21.7. The number of nitrogens with zero attached hydrogens (tertiary/aromatic N) is 5. The Balaban J connectivity index is 1.12. The van der Waals surface area contributed by atoms with Crippen LogP contribution >= 0.6 is 0 Å². The average molecular weight is 840 g/mol. The summed E-state index contributed by atoms with van der Waals surface area (Å²) in [6, 6.07) is 72.8. The van der Waals surface area contributed by atoms with Gasteiger partial charge in [0.25, 0.3) is 0 Å². The van der Waals surface area contributed by atoms with Crippen LogP contribution in [0.4, 0.5) is 21.6 Å². The zero-order chi connectivity index (χ0) is 42.4. The zero-order valence-corrected chi connectivity index (χ0v) is 35.6. The van der Waals surface area contributed by atoms with E-state index in [2.05, 4.69) is 184 Å². The van der Waals surface area contributed by atoms with Gasteiger partial charge in [0.2, 0.25) is 0 Å². The minimum absolute atomic E-state index is 0.575. The minimum Gasteiger partial charge on any atom is -0.309 e. The zero-order valence-electron chi connectivity index (χ0n) is 34.6. The van der Waals surface area contributed by atoms with E-state index in [-0.39, 0.29) is 0 Å². The summed E-state index contributed by atoms with van der Waals surface area (Å²) in [6.45, 7) is 0. The van der Waals surface area contributed by atoms with Gasteiger partial charge < -0.3 is 4.57 Å². The molecule has 302 valence electrons. The van der Waals surface area contributed by atoms with Gasteiger partial charge in [0, 0.05) is 51.5 Å². The van der Waals surface area contributed by atoms with Gasteiger partial charge in [-0.05, 0) is 97.9 Å². The van der Waals surface area contributed by atoms with Crippen molar-refractivity contribution in [1.82, 2.24) is 18.9 Å². The fraction of sp³-hybridized carbons (Fsp3) is 0.0175. The summed E-state index contributed by atoms with van der Waals surface area (Å²) in [7, 11) is -3.16. The SMILES string of the molecule is FC(c1ccc2c(c1)N(c1ccccn1)c1cc3c(cc1[Si]2(c1ccccc1)c1ccccc1)c1ccccc1n3-c1ccccc1)c1ccc2c3ccccc3n3ccnc3c2c1. The van der Waals surface area contributed by atoms with E-state index in [1.807, 2.05) is 55.0 Å². The molecule has 0 saturated heterocycles. The van der Waals surface area contributed by atoms with Crippen LogP contribution in [0.1, 0.15) is 17.3 Å². The lowest BCUT2D eigenvalue weighted by atomic mass is 9.97. The summed E-state index contributed by atoms with van der Waals surface area (Å²) < 4.78 is 22.3. The summed E-state index contributed by atoms with van der Waals surface area (Å²) in [6.07, 6.45) is 4.22. The number of benzene rings is 8. The Bertz CT molecular complexity index is 3720. The number of halogens is 1. The minimum atomic E-state index is -3.16. The van der Waals surface area contributed by atoms with Gasteiger partial charge in [-0.3, -0.25) is 9.30 Å². The molecule has 1 aliphatic heterocycles. The molecular formula is C57H38FN5Si. The molecule has 1 aliphatic rings. The van der Waals surface area contributed by atoms with Crippen LogP contribution in [0.2, 0.25) is 0 Å². The molecule has 64 heavy (non-hydrogen) atoms. The molecule has 7 heteroatoms. The number of para-hydroxylation sites is 3. The highest BCUT2D eigenvalue weighted by Gasteiger charge is 2.49. The number of hydrogen-bond acceptors (Lipinski definition) is 3. The number of anilines is 3. The Hall–Kier alpha value is -8.13. The lowest BCUT2D eigenvalue weighted by molar-refractivity contribution is 0.402. The highest BCUT2D eigenvalue weighted by Crippen LogP contribution is 2.43. The average Bonchev–Trinajstić information content (AvgIpc) is 4.00. The maximum Gasteiger partial charge on any atom is 0.184 e. The lowest BCUT2D eigenvalue weighted by Crippen LogP contribution is -2.77. The molecule has 0 amide bonds. The van der Waals surface area contributed by atoms with Crippen LogP contribution in [-0.2, 0) is 0 Å². The van der Waals surface area contributed by atoms with E-state index in [1.54, 1.807) is 0 Å². The third-order valence-electron chi connectivity index (χ3n) is 13.4. The molecule has 0 spiro atoms. The van der Waals surface area contributed by atoms with E-state index in [0.29, 0.717) is 11.1 Å². The fourth-order valence-electron chi connectivity index (χ4n) is 10.7. The molecule has 5 nitrogen and oxygen atoms in total.